The molecule has 162 valence electrons. The Balaban J connectivity index is 1.84. The van der Waals surface area contributed by atoms with Crippen LogP contribution in [0.25, 0.3) is 0 Å². The largest absolute Gasteiger partial charge is 0.495 e. The lowest BCUT2D eigenvalue weighted by molar-refractivity contribution is -0.117. The van der Waals surface area contributed by atoms with E-state index in [1.165, 1.54) is 25.4 Å². The van der Waals surface area contributed by atoms with Crippen LogP contribution in [0, 0.1) is 0 Å². The number of anilines is 2. The fraction of sp³-hybridized carbons (Fsp3) is 0.227. The van der Waals surface area contributed by atoms with Crippen LogP contribution in [0.5, 0.6) is 11.5 Å². The topological polar surface area (TPSA) is 90.6 Å². The summed E-state index contributed by atoms with van der Waals surface area (Å²) in [5, 5.41) is 0.524. The van der Waals surface area contributed by atoms with E-state index in [1.807, 2.05) is 24.3 Å². The Hall–Kier alpha value is -3.03. The molecule has 0 aliphatic heterocycles. The van der Waals surface area contributed by atoms with Gasteiger partial charge in [0, 0.05) is 36.9 Å². The Morgan fingerprint density at radius 2 is 1.71 bits per heavy atom. The van der Waals surface area contributed by atoms with Gasteiger partial charge in [-0.2, -0.15) is 0 Å². The zero-order valence-electron chi connectivity index (χ0n) is 17.4. The highest BCUT2D eigenvalue weighted by molar-refractivity contribution is 6.38. The Morgan fingerprint density at radius 3 is 2.32 bits per heavy atom. The van der Waals surface area contributed by atoms with E-state index in [2.05, 4.69) is 9.97 Å². The molecular weight excluding hydrogens is 439 g/mol. The summed E-state index contributed by atoms with van der Waals surface area (Å²) in [6, 6.07) is 10.9. The van der Waals surface area contributed by atoms with Crippen LogP contribution in [0.15, 0.2) is 42.7 Å². The normalized spacial score (nSPS) is 10.6. The molecule has 0 saturated carbocycles. The van der Waals surface area contributed by atoms with Crippen molar-refractivity contribution in [1.82, 2.24) is 9.97 Å². The summed E-state index contributed by atoms with van der Waals surface area (Å²) in [6.45, 7) is 0. The Morgan fingerprint density at radius 1 is 1.06 bits per heavy atom. The fourth-order valence-electron chi connectivity index (χ4n) is 3.05. The predicted octanol–water partition coefficient (Wildman–Crippen LogP) is 4.18. The van der Waals surface area contributed by atoms with Crippen LogP contribution < -0.4 is 20.1 Å². The highest BCUT2D eigenvalue weighted by atomic mass is 35.5. The molecule has 0 spiro atoms. The summed E-state index contributed by atoms with van der Waals surface area (Å²) in [7, 11) is 4.59. The standard InChI is InChI=1S/C22H22Cl2N4O3/c1-28(19-9-14(26-12-27-19)8-13-6-4-5-7-16(13)25)20(29)10-15-21(23)17(30-2)11-18(31-3)22(15)24/h4-7,9,11-12H,8,10,25H2,1-3H3. The molecule has 31 heavy (non-hydrogen) atoms. The molecule has 2 aromatic carbocycles. The molecule has 0 atom stereocenters. The smallest absolute Gasteiger partial charge is 0.232 e. The third-order valence-corrected chi connectivity index (χ3v) is 5.68. The molecule has 0 aliphatic carbocycles. The van der Waals surface area contributed by atoms with Gasteiger partial charge >= 0.3 is 0 Å². The van der Waals surface area contributed by atoms with Crippen LogP contribution in [0.3, 0.4) is 0 Å². The SMILES string of the molecule is COc1cc(OC)c(Cl)c(CC(=O)N(C)c2cc(Cc3ccccc3N)ncn2)c1Cl. The first-order valence-electron chi connectivity index (χ1n) is 9.35. The van der Waals surface area contributed by atoms with E-state index < -0.39 is 0 Å². The van der Waals surface area contributed by atoms with Crippen LogP contribution in [0.4, 0.5) is 11.5 Å². The summed E-state index contributed by atoms with van der Waals surface area (Å²) in [6.07, 6.45) is 1.88. The second kappa shape index (κ2) is 9.85. The predicted molar refractivity (Wildman–Crippen MR) is 122 cm³/mol. The van der Waals surface area contributed by atoms with Crippen LogP contribution in [-0.4, -0.2) is 37.1 Å². The number of carbonyl (C=O) groups excluding carboxylic acids is 1. The molecule has 0 bridgehead atoms. The van der Waals surface area contributed by atoms with Crippen molar-refractivity contribution in [2.75, 3.05) is 31.9 Å². The Kier molecular flexibility index (Phi) is 7.20. The number of hydrogen-bond donors (Lipinski definition) is 1. The number of amides is 1. The number of carbonyl (C=O) groups is 1. The Labute approximate surface area is 190 Å². The van der Waals surface area contributed by atoms with Crippen LogP contribution in [0.1, 0.15) is 16.8 Å². The van der Waals surface area contributed by atoms with E-state index in [0.717, 1.165) is 11.3 Å². The van der Waals surface area contributed by atoms with Gasteiger partial charge in [0.1, 0.15) is 23.6 Å². The van der Waals surface area contributed by atoms with Crippen molar-refractivity contribution < 1.29 is 14.3 Å². The molecular formula is C22H22Cl2N4O3. The number of nitrogens with two attached hydrogens (primary N) is 1. The number of nitrogen functional groups attached to an aromatic ring is 1. The van der Waals surface area contributed by atoms with Gasteiger partial charge in [-0.25, -0.2) is 9.97 Å². The number of likely N-dealkylation sites (N-methyl/N-ethyl adjacent to an activating group) is 1. The lowest BCUT2D eigenvalue weighted by Crippen LogP contribution is -2.29. The van der Waals surface area contributed by atoms with Crippen molar-refractivity contribution in [3.8, 4) is 11.5 Å². The average molecular weight is 461 g/mol. The van der Waals surface area contributed by atoms with Crippen molar-refractivity contribution in [1.29, 1.82) is 0 Å². The maximum absolute atomic E-state index is 13.0. The van der Waals surface area contributed by atoms with Crippen molar-refractivity contribution in [2.45, 2.75) is 12.8 Å². The third-order valence-electron chi connectivity index (χ3n) is 4.85. The highest BCUT2D eigenvalue weighted by Gasteiger charge is 2.22. The molecule has 3 rings (SSSR count). The molecule has 2 N–H and O–H groups in total. The number of methoxy groups -OCH3 is 2. The van der Waals surface area contributed by atoms with Gasteiger partial charge in [-0.3, -0.25) is 9.69 Å². The molecule has 0 aliphatic rings. The van der Waals surface area contributed by atoms with E-state index >= 15 is 0 Å². The molecule has 0 saturated heterocycles. The molecule has 9 heteroatoms. The zero-order chi connectivity index (χ0) is 22.5. The number of halogens is 2. The number of nitrogens with zero attached hydrogens (tertiary/aromatic N) is 3. The second-order valence-electron chi connectivity index (χ2n) is 6.76. The lowest BCUT2D eigenvalue weighted by Gasteiger charge is -2.19. The van der Waals surface area contributed by atoms with Gasteiger partial charge in [-0.05, 0) is 11.6 Å². The molecule has 3 aromatic rings. The highest BCUT2D eigenvalue weighted by Crippen LogP contribution is 2.40. The minimum Gasteiger partial charge on any atom is -0.495 e. The molecule has 1 aromatic heterocycles. The van der Waals surface area contributed by atoms with Crippen LogP contribution >= 0.6 is 23.2 Å². The summed E-state index contributed by atoms with van der Waals surface area (Å²) in [5.41, 5.74) is 8.81. The van der Waals surface area contributed by atoms with Crippen molar-refractivity contribution in [3.63, 3.8) is 0 Å². The minimum absolute atomic E-state index is 0.0628. The van der Waals surface area contributed by atoms with E-state index in [0.29, 0.717) is 35.0 Å². The summed E-state index contributed by atoms with van der Waals surface area (Å²) in [4.78, 5) is 22.9. The van der Waals surface area contributed by atoms with Crippen LogP contribution in [0.2, 0.25) is 10.0 Å². The molecule has 0 unspecified atom stereocenters. The average Bonchev–Trinajstić information content (AvgIpc) is 2.78. The number of benzene rings is 2. The summed E-state index contributed by atoms with van der Waals surface area (Å²) >= 11 is 12.8. The third kappa shape index (κ3) is 5.00. The molecule has 1 amide bonds. The quantitative estimate of drug-likeness (QED) is 0.531. The number of aromatic nitrogens is 2. The zero-order valence-corrected chi connectivity index (χ0v) is 18.9. The molecule has 0 fully saturated rings. The monoisotopic (exact) mass is 460 g/mol. The van der Waals surface area contributed by atoms with E-state index in [9.17, 15) is 4.79 Å². The van der Waals surface area contributed by atoms with Crippen molar-refractivity contribution in [2.24, 2.45) is 0 Å². The van der Waals surface area contributed by atoms with Crippen LogP contribution in [-0.2, 0) is 17.6 Å². The number of rotatable bonds is 7. The first-order valence-corrected chi connectivity index (χ1v) is 10.1. The maximum atomic E-state index is 13.0. The van der Waals surface area contributed by atoms with Crippen molar-refractivity contribution >= 4 is 40.6 Å². The van der Waals surface area contributed by atoms with E-state index in [1.54, 1.807) is 19.2 Å². The second-order valence-corrected chi connectivity index (χ2v) is 7.52. The number of ether oxygens (including phenoxy) is 2. The van der Waals surface area contributed by atoms with Gasteiger partial charge in [-0.15, -0.1) is 0 Å². The first kappa shape index (κ1) is 22.7. The van der Waals surface area contributed by atoms with Gasteiger partial charge in [0.25, 0.3) is 0 Å². The van der Waals surface area contributed by atoms with Gasteiger partial charge in [0.2, 0.25) is 5.91 Å². The van der Waals surface area contributed by atoms with Gasteiger partial charge < -0.3 is 15.2 Å². The molecule has 1 heterocycles. The summed E-state index contributed by atoms with van der Waals surface area (Å²) in [5.74, 6) is 0.936. The lowest BCUT2D eigenvalue weighted by atomic mass is 10.1. The fourth-order valence-corrected chi connectivity index (χ4v) is 3.68. The van der Waals surface area contributed by atoms with Gasteiger partial charge in [-0.1, -0.05) is 41.4 Å². The van der Waals surface area contributed by atoms with E-state index in [4.69, 9.17) is 38.4 Å². The van der Waals surface area contributed by atoms with E-state index in [-0.39, 0.29) is 22.4 Å². The number of hydrogen-bond acceptors (Lipinski definition) is 6. The minimum atomic E-state index is -0.261. The maximum Gasteiger partial charge on any atom is 0.232 e. The van der Waals surface area contributed by atoms with Crippen molar-refractivity contribution in [3.05, 3.63) is 69.6 Å². The molecule has 0 radical (unpaired) electrons. The first-order chi connectivity index (χ1) is 14.8. The summed E-state index contributed by atoms with van der Waals surface area (Å²) < 4.78 is 10.5. The van der Waals surface area contributed by atoms with Gasteiger partial charge in [0.05, 0.1) is 36.4 Å². The molecule has 7 nitrogen and oxygen atoms in total. The Bertz CT molecular complexity index is 1080. The van der Waals surface area contributed by atoms with Gasteiger partial charge in [0.15, 0.2) is 0 Å². The number of para-hydroxylation sites is 1.